The van der Waals surface area contributed by atoms with Gasteiger partial charge in [-0.1, -0.05) is 30.9 Å². The maximum Gasteiger partial charge on any atom is 0.573 e. The largest absolute Gasteiger partial charge is 0.573 e. The Morgan fingerprint density at radius 2 is 1.84 bits per heavy atom. The molecule has 0 unspecified atom stereocenters. The lowest BCUT2D eigenvalue weighted by Gasteiger charge is -2.20. The summed E-state index contributed by atoms with van der Waals surface area (Å²) in [6, 6.07) is 11.1. The molecule has 3 aromatic rings. The second-order valence-corrected chi connectivity index (χ2v) is 8.03. The van der Waals surface area contributed by atoms with E-state index in [-0.39, 0.29) is 12.3 Å². The van der Waals surface area contributed by atoms with E-state index >= 15 is 0 Å². The van der Waals surface area contributed by atoms with Crippen molar-refractivity contribution in [1.82, 2.24) is 10.3 Å². The number of carbonyl (C=O) groups excluding carboxylic acids is 1. The first-order valence-corrected chi connectivity index (χ1v) is 9.83. The first-order chi connectivity index (χ1) is 15.0. The minimum absolute atomic E-state index is 0.158. The fraction of sp³-hybridized carbons (Fsp3) is 0.250. The van der Waals surface area contributed by atoms with Gasteiger partial charge in [0.25, 0.3) is 0 Å². The summed E-state index contributed by atoms with van der Waals surface area (Å²) >= 11 is 0. The molecule has 5 nitrogen and oxygen atoms in total. The van der Waals surface area contributed by atoms with Crippen LogP contribution in [0, 0.1) is 0 Å². The van der Waals surface area contributed by atoms with Crippen LogP contribution in [0.4, 0.5) is 18.0 Å². The SMILES string of the molecule is C=Cc1c(CNC(=O)OC(C)(C)C)cc(-c2ccc(OC(F)(F)F)cc2)c2cccnc12. The molecule has 1 aromatic heterocycles. The zero-order valence-electron chi connectivity index (χ0n) is 17.9. The third-order valence-electron chi connectivity index (χ3n) is 4.44. The molecule has 0 aliphatic rings. The van der Waals surface area contributed by atoms with Crippen molar-refractivity contribution < 1.29 is 27.4 Å². The van der Waals surface area contributed by atoms with Crippen LogP contribution in [0.1, 0.15) is 31.9 Å². The van der Waals surface area contributed by atoms with Gasteiger partial charge in [0, 0.05) is 23.7 Å². The molecule has 0 aliphatic carbocycles. The summed E-state index contributed by atoms with van der Waals surface area (Å²) in [6.45, 7) is 9.34. The number of alkyl halides is 3. The Hall–Kier alpha value is -3.55. The van der Waals surface area contributed by atoms with Gasteiger partial charge in [0.05, 0.1) is 5.52 Å². The van der Waals surface area contributed by atoms with Gasteiger partial charge in [-0.25, -0.2) is 4.79 Å². The highest BCUT2D eigenvalue weighted by Crippen LogP contribution is 2.34. The number of hydrogen-bond donors (Lipinski definition) is 1. The average molecular weight is 444 g/mol. The Balaban J connectivity index is 2.01. The molecule has 1 N–H and O–H groups in total. The number of rotatable bonds is 5. The summed E-state index contributed by atoms with van der Waals surface area (Å²) < 4.78 is 46.7. The van der Waals surface area contributed by atoms with Gasteiger partial charge in [0.15, 0.2) is 0 Å². The molecule has 0 saturated heterocycles. The van der Waals surface area contributed by atoms with Crippen LogP contribution in [0.3, 0.4) is 0 Å². The number of aromatic nitrogens is 1. The van der Waals surface area contributed by atoms with Crippen LogP contribution in [-0.4, -0.2) is 23.0 Å². The Bertz CT molecular complexity index is 1130. The third kappa shape index (κ3) is 5.78. The predicted molar refractivity (Wildman–Crippen MR) is 117 cm³/mol. The highest BCUT2D eigenvalue weighted by atomic mass is 19.4. The maximum absolute atomic E-state index is 12.5. The first kappa shape index (κ1) is 23.1. The number of halogens is 3. The van der Waals surface area contributed by atoms with Gasteiger partial charge in [0.1, 0.15) is 11.4 Å². The van der Waals surface area contributed by atoms with E-state index in [0.717, 1.165) is 22.1 Å². The normalized spacial score (nSPS) is 11.8. The van der Waals surface area contributed by atoms with Gasteiger partial charge in [0.2, 0.25) is 0 Å². The lowest BCUT2D eigenvalue weighted by atomic mass is 9.93. The second-order valence-electron chi connectivity index (χ2n) is 8.03. The highest BCUT2D eigenvalue weighted by Gasteiger charge is 2.31. The van der Waals surface area contributed by atoms with E-state index in [4.69, 9.17) is 4.74 Å². The van der Waals surface area contributed by atoms with Crippen LogP contribution in [0.2, 0.25) is 0 Å². The molecule has 3 rings (SSSR count). The standard InChI is InChI=1S/C24H23F3N2O3/c1-5-18-16(14-29-22(30)32-23(2,3)4)13-20(19-7-6-12-28-21(18)19)15-8-10-17(11-9-15)31-24(25,26)27/h5-13H,1,14H2,2-4H3,(H,29,30). The van der Waals surface area contributed by atoms with Crippen molar-refractivity contribution in [2.75, 3.05) is 0 Å². The number of nitrogens with one attached hydrogen (secondary N) is 1. The summed E-state index contributed by atoms with van der Waals surface area (Å²) in [4.78, 5) is 16.6. The van der Waals surface area contributed by atoms with E-state index in [1.807, 2.05) is 12.1 Å². The summed E-state index contributed by atoms with van der Waals surface area (Å²) in [5.41, 5.74) is 2.93. The van der Waals surface area contributed by atoms with E-state index in [1.165, 1.54) is 12.1 Å². The quantitative estimate of drug-likeness (QED) is 0.490. The van der Waals surface area contributed by atoms with Crippen LogP contribution in [0.15, 0.2) is 55.2 Å². The van der Waals surface area contributed by atoms with E-state index in [1.54, 1.807) is 51.2 Å². The van der Waals surface area contributed by atoms with Gasteiger partial charge < -0.3 is 14.8 Å². The van der Waals surface area contributed by atoms with Gasteiger partial charge in [-0.2, -0.15) is 0 Å². The van der Waals surface area contributed by atoms with Crippen molar-refractivity contribution >= 4 is 23.1 Å². The van der Waals surface area contributed by atoms with Gasteiger partial charge in [-0.05, 0) is 61.7 Å². The predicted octanol–water partition coefficient (Wildman–Crippen LogP) is 6.47. The number of nitrogens with zero attached hydrogens (tertiary/aromatic N) is 1. The second kappa shape index (κ2) is 8.90. The lowest BCUT2D eigenvalue weighted by Crippen LogP contribution is -2.32. The molecule has 1 heterocycles. The van der Waals surface area contributed by atoms with Crippen molar-refractivity contribution in [3.05, 3.63) is 66.4 Å². The first-order valence-electron chi connectivity index (χ1n) is 9.83. The zero-order chi connectivity index (χ0) is 23.5. The number of alkyl carbamates (subject to hydrolysis) is 1. The summed E-state index contributed by atoms with van der Waals surface area (Å²) in [6.07, 6.45) is -2.02. The van der Waals surface area contributed by atoms with Crippen LogP contribution < -0.4 is 10.1 Å². The Morgan fingerprint density at radius 1 is 1.16 bits per heavy atom. The number of hydrogen-bond acceptors (Lipinski definition) is 4. The summed E-state index contributed by atoms with van der Waals surface area (Å²) in [7, 11) is 0. The monoisotopic (exact) mass is 444 g/mol. The molecule has 0 spiro atoms. The number of pyridine rings is 1. The van der Waals surface area contributed by atoms with E-state index < -0.39 is 18.1 Å². The van der Waals surface area contributed by atoms with Crippen molar-refractivity contribution in [1.29, 1.82) is 0 Å². The number of carbonyl (C=O) groups is 1. The van der Waals surface area contributed by atoms with Crippen LogP contribution in [-0.2, 0) is 11.3 Å². The van der Waals surface area contributed by atoms with Gasteiger partial charge >= 0.3 is 12.5 Å². The fourth-order valence-electron chi connectivity index (χ4n) is 3.25. The van der Waals surface area contributed by atoms with Crippen molar-refractivity contribution in [2.24, 2.45) is 0 Å². The fourth-order valence-corrected chi connectivity index (χ4v) is 3.25. The van der Waals surface area contributed by atoms with Crippen molar-refractivity contribution in [2.45, 2.75) is 39.3 Å². The molecular weight excluding hydrogens is 421 g/mol. The van der Waals surface area contributed by atoms with Crippen LogP contribution in [0.25, 0.3) is 28.1 Å². The third-order valence-corrected chi connectivity index (χ3v) is 4.44. The Morgan fingerprint density at radius 3 is 2.44 bits per heavy atom. The minimum Gasteiger partial charge on any atom is -0.444 e. The smallest absolute Gasteiger partial charge is 0.444 e. The Kier molecular flexibility index (Phi) is 6.43. The number of amides is 1. The number of ether oxygens (including phenoxy) is 2. The lowest BCUT2D eigenvalue weighted by molar-refractivity contribution is -0.274. The van der Waals surface area contributed by atoms with Crippen LogP contribution >= 0.6 is 0 Å². The Labute approximate surface area is 183 Å². The highest BCUT2D eigenvalue weighted by molar-refractivity contribution is 6.00. The molecule has 0 saturated carbocycles. The number of fused-ring (bicyclic) bond motifs is 1. The molecule has 0 aliphatic heterocycles. The topological polar surface area (TPSA) is 60.5 Å². The van der Waals surface area contributed by atoms with Crippen LogP contribution in [0.5, 0.6) is 5.75 Å². The maximum atomic E-state index is 12.5. The zero-order valence-corrected chi connectivity index (χ0v) is 17.9. The average Bonchev–Trinajstić information content (AvgIpc) is 2.69. The van der Waals surface area contributed by atoms with E-state index in [9.17, 15) is 18.0 Å². The van der Waals surface area contributed by atoms with Gasteiger partial charge in [-0.15, -0.1) is 13.2 Å². The molecule has 168 valence electrons. The van der Waals surface area contributed by atoms with E-state index in [2.05, 4.69) is 21.6 Å². The molecule has 8 heteroatoms. The molecule has 0 fully saturated rings. The molecule has 0 bridgehead atoms. The molecule has 1 amide bonds. The van der Waals surface area contributed by atoms with E-state index in [0.29, 0.717) is 11.1 Å². The van der Waals surface area contributed by atoms with Gasteiger partial charge in [-0.3, -0.25) is 4.98 Å². The molecule has 0 radical (unpaired) electrons. The molecule has 2 aromatic carbocycles. The molecule has 32 heavy (non-hydrogen) atoms. The summed E-state index contributed by atoms with van der Waals surface area (Å²) in [5, 5.41) is 3.53. The molecular formula is C24H23F3N2O3. The number of benzene rings is 2. The van der Waals surface area contributed by atoms with Crippen molar-refractivity contribution in [3.8, 4) is 16.9 Å². The summed E-state index contributed by atoms with van der Waals surface area (Å²) in [5.74, 6) is -0.307. The van der Waals surface area contributed by atoms with Crippen molar-refractivity contribution in [3.63, 3.8) is 0 Å². The molecule has 0 atom stereocenters. The minimum atomic E-state index is -4.76.